The minimum absolute atomic E-state index is 0.0159. The van der Waals surface area contributed by atoms with Crippen LogP contribution >= 0.6 is 0 Å². The van der Waals surface area contributed by atoms with E-state index < -0.39 is 0 Å². The van der Waals surface area contributed by atoms with Crippen molar-refractivity contribution in [3.63, 3.8) is 0 Å². The summed E-state index contributed by atoms with van der Waals surface area (Å²) in [7, 11) is 0. The van der Waals surface area contributed by atoms with Gasteiger partial charge in [-0.15, -0.1) is 0 Å². The third-order valence-electron chi connectivity index (χ3n) is 5.72. The van der Waals surface area contributed by atoms with E-state index in [4.69, 9.17) is 0 Å². The Morgan fingerprint density at radius 1 is 0.719 bits per heavy atom. The van der Waals surface area contributed by atoms with Crippen molar-refractivity contribution in [3.05, 3.63) is 66.2 Å². The average Bonchev–Trinajstić information content (AvgIpc) is 2.84. The molecular weight excluding hydrogens is 396 g/mol. The number of hydrogen-bond donors (Lipinski definition) is 1. The molecule has 0 saturated heterocycles. The van der Waals surface area contributed by atoms with Crippen LogP contribution in [0.3, 0.4) is 0 Å². The number of carbonyl (C=O) groups excluding carboxylic acids is 2. The summed E-state index contributed by atoms with van der Waals surface area (Å²) in [4.78, 5) is 26.9. The number of benzene rings is 2. The molecule has 0 aliphatic carbocycles. The van der Waals surface area contributed by atoms with Crippen LogP contribution in [0.1, 0.15) is 87.9 Å². The molecule has 2 amide bonds. The molecule has 4 nitrogen and oxygen atoms in total. The fourth-order valence-electron chi connectivity index (χ4n) is 3.84. The van der Waals surface area contributed by atoms with E-state index in [2.05, 4.69) is 12.2 Å². The number of anilines is 1. The van der Waals surface area contributed by atoms with Gasteiger partial charge >= 0.3 is 0 Å². The number of amides is 2. The first-order valence-electron chi connectivity index (χ1n) is 12.4. The van der Waals surface area contributed by atoms with Crippen molar-refractivity contribution >= 4 is 17.5 Å². The molecule has 0 radical (unpaired) electrons. The van der Waals surface area contributed by atoms with Crippen molar-refractivity contribution in [2.45, 2.75) is 77.6 Å². The molecule has 0 spiro atoms. The van der Waals surface area contributed by atoms with Gasteiger partial charge < -0.3 is 10.2 Å². The van der Waals surface area contributed by atoms with Gasteiger partial charge in [0.05, 0.1) is 0 Å². The third-order valence-corrected chi connectivity index (χ3v) is 5.72. The van der Waals surface area contributed by atoms with Gasteiger partial charge in [-0.05, 0) is 37.1 Å². The van der Waals surface area contributed by atoms with E-state index in [1.807, 2.05) is 60.7 Å². The van der Waals surface area contributed by atoms with Gasteiger partial charge in [0.15, 0.2) is 0 Å². The predicted octanol–water partition coefficient (Wildman–Crippen LogP) is 6.76. The highest BCUT2D eigenvalue weighted by atomic mass is 16.2. The van der Waals surface area contributed by atoms with Crippen molar-refractivity contribution in [2.24, 2.45) is 0 Å². The second-order valence-corrected chi connectivity index (χ2v) is 8.44. The van der Waals surface area contributed by atoms with Crippen molar-refractivity contribution in [2.75, 3.05) is 18.0 Å². The Balaban J connectivity index is 1.65. The standard InChI is InChI=1S/C28H40N2O2/c1-2-3-4-5-6-7-8-9-16-22-27(31)29-23-17-24-30(26-20-14-11-15-21-26)28(32)25-18-12-10-13-19-25/h10-15,18-21H,2-9,16-17,22-24H2,1H3,(H,29,31). The Morgan fingerprint density at radius 2 is 1.28 bits per heavy atom. The highest BCUT2D eigenvalue weighted by Gasteiger charge is 2.17. The van der Waals surface area contributed by atoms with Crippen LogP contribution in [0, 0.1) is 0 Å². The number of rotatable bonds is 16. The van der Waals surface area contributed by atoms with E-state index in [1.54, 1.807) is 4.90 Å². The molecule has 0 aromatic heterocycles. The zero-order valence-corrected chi connectivity index (χ0v) is 19.7. The van der Waals surface area contributed by atoms with Gasteiger partial charge in [0, 0.05) is 30.8 Å². The lowest BCUT2D eigenvalue weighted by Crippen LogP contribution is -2.34. The minimum atomic E-state index is -0.0159. The Labute approximate surface area is 194 Å². The number of para-hydroxylation sites is 1. The Kier molecular flexibility index (Phi) is 12.9. The zero-order valence-electron chi connectivity index (χ0n) is 19.7. The van der Waals surface area contributed by atoms with E-state index in [0.717, 1.165) is 24.9 Å². The number of nitrogens with one attached hydrogen (secondary N) is 1. The van der Waals surface area contributed by atoms with Crippen LogP contribution in [0.4, 0.5) is 5.69 Å². The lowest BCUT2D eigenvalue weighted by Gasteiger charge is -2.23. The summed E-state index contributed by atoms with van der Waals surface area (Å²) in [6.07, 6.45) is 12.6. The molecule has 0 saturated carbocycles. The van der Waals surface area contributed by atoms with Crippen LogP contribution in [0.15, 0.2) is 60.7 Å². The van der Waals surface area contributed by atoms with Crippen LogP contribution in [0.5, 0.6) is 0 Å². The summed E-state index contributed by atoms with van der Waals surface area (Å²) in [5.74, 6) is 0.103. The van der Waals surface area contributed by atoms with E-state index in [-0.39, 0.29) is 11.8 Å². The number of carbonyl (C=O) groups is 2. The van der Waals surface area contributed by atoms with Gasteiger partial charge in [-0.1, -0.05) is 94.7 Å². The summed E-state index contributed by atoms with van der Waals surface area (Å²) < 4.78 is 0. The summed E-state index contributed by atoms with van der Waals surface area (Å²) in [6.45, 7) is 3.40. The third kappa shape index (κ3) is 10.1. The number of unbranched alkanes of at least 4 members (excludes halogenated alkanes) is 8. The fourth-order valence-corrected chi connectivity index (χ4v) is 3.84. The first kappa shape index (κ1) is 25.6. The van der Waals surface area contributed by atoms with E-state index in [0.29, 0.717) is 25.1 Å². The molecule has 2 rings (SSSR count). The first-order valence-corrected chi connectivity index (χ1v) is 12.4. The van der Waals surface area contributed by atoms with Crippen LogP contribution in [0.25, 0.3) is 0 Å². The molecular formula is C28H40N2O2. The molecule has 174 valence electrons. The minimum Gasteiger partial charge on any atom is -0.356 e. The summed E-state index contributed by atoms with van der Waals surface area (Å²) in [5, 5.41) is 3.02. The van der Waals surface area contributed by atoms with Crippen LogP contribution in [-0.4, -0.2) is 24.9 Å². The predicted molar refractivity (Wildman–Crippen MR) is 134 cm³/mol. The zero-order chi connectivity index (χ0) is 22.9. The molecule has 0 unspecified atom stereocenters. The van der Waals surface area contributed by atoms with Crippen LogP contribution in [0.2, 0.25) is 0 Å². The molecule has 2 aromatic rings. The van der Waals surface area contributed by atoms with Gasteiger partial charge in [0.1, 0.15) is 0 Å². The molecule has 0 atom stereocenters. The smallest absolute Gasteiger partial charge is 0.258 e. The maximum Gasteiger partial charge on any atom is 0.258 e. The fraction of sp³-hybridized carbons (Fsp3) is 0.500. The lowest BCUT2D eigenvalue weighted by molar-refractivity contribution is -0.121. The van der Waals surface area contributed by atoms with Crippen molar-refractivity contribution in [1.82, 2.24) is 5.32 Å². The highest BCUT2D eigenvalue weighted by Crippen LogP contribution is 2.17. The van der Waals surface area contributed by atoms with Gasteiger partial charge in [-0.25, -0.2) is 0 Å². The molecule has 0 fully saturated rings. The maximum absolute atomic E-state index is 13.0. The van der Waals surface area contributed by atoms with Gasteiger partial charge in [0.2, 0.25) is 5.91 Å². The molecule has 0 aliphatic rings. The van der Waals surface area contributed by atoms with Crippen LogP contribution in [-0.2, 0) is 4.79 Å². The molecule has 0 aliphatic heterocycles. The number of nitrogens with zero attached hydrogens (tertiary/aromatic N) is 1. The molecule has 32 heavy (non-hydrogen) atoms. The maximum atomic E-state index is 13.0. The molecule has 2 aromatic carbocycles. The van der Waals surface area contributed by atoms with E-state index in [9.17, 15) is 9.59 Å². The quantitative estimate of drug-likeness (QED) is 0.296. The summed E-state index contributed by atoms with van der Waals surface area (Å²) in [5.41, 5.74) is 1.55. The monoisotopic (exact) mass is 436 g/mol. The van der Waals surface area contributed by atoms with E-state index in [1.165, 1.54) is 44.9 Å². The van der Waals surface area contributed by atoms with E-state index >= 15 is 0 Å². The summed E-state index contributed by atoms with van der Waals surface area (Å²) >= 11 is 0. The molecule has 0 heterocycles. The first-order chi connectivity index (χ1) is 15.7. The molecule has 4 heteroatoms. The molecule has 1 N–H and O–H groups in total. The van der Waals surface area contributed by atoms with Gasteiger partial charge in [0.25, 0.3) is 5.91 Å². The highest BCUT2D eigenvalue weighted by molar-refractivity contribution is 6.06. The average molecular weight is 437 g/mol. The van der Waals surface area contributed by atoms with Crippen molar-refractivity contribution in [3.8, 4) is 0 Å². The number of hydrogen-bond acceptors (Lipinski definition) is 2. The lowest BCUT2D eigenvalue weighted by atomic mass is 10.1. The van der Waals surface area contributed by atoms with Crippen molar-refractivity contribution < 1.29 is 9.59 Å². The Morgan fingerprint density at radius 3 is 1.91 bits per heavy atom. The largest absolute Gasteiger partial charge is 0.356 e. The van der Waals surface area contributed by atoms with Crippen molar-refractivity contribution in [1.29, 1.82) is 0 Å². The van der Waals surface area contributed by atoms with Crippen LogP contribution < -0.4 is 10.2 Å². The second kappa shape index (κ2) is 16.1. The second-order valence-electron chi connectivity index (χ2n) is 8.44. The SMILES string of the molecule is CCCCCCCCCCCC(=O)NCCCN(C(=O)c1ccccc1)c1ccccc1. The molecule has 0 bridgehead atoms. The topological polar surface area (TPSA) is 49.4 Å². The summed E-state index contributed by atoms with van der Waals surface area (Å²) in [6, 6.07) is 19.1. The van der Waals surface area contributed by atoms with Gasteiger partial charge in [-0.2, -0.15) is 0 Å². The normalized spacial score (nSPS) is 10.7. The Hall–Kier alpha value is -2.62. The Bertz CT molecular complexity index is 762. The van der Waals surface area contributed by atoms with Gasteiger partial charge in [-0.3, -0.25) is 9.59 Å².